The molecular formula is C68H105ClN2O7. The van der Waals surface area contributed by atoms with E-state index in [0.717, 1.165) is 134 Å². The van der Waals surface area contributed by atoms with Gasteiger partial charge in [-0.15, -0.1) is 11.6 Å². The van der Waals surface area contributed by atoms with E-state index in [1.54, 1.807) is 29.4 Å². The third kappa shape index (κ3) is 10.8. The quantitative estimate of drug-likeness (QED) is 0.0959. The highest BCUT2D eigenvalue weighted by Crippen LogP contribution is 2.66. The van der Waals surface area contributed by atoms with Gasteiger partial charge in [-0.25, -0.2) is 0 Å². The number of allylic oxidation sites excluding steroid dienone is 6. The van der Waals surface area contributed by atoms with Crippen LogP contribution in [0.15, 0.2) is 45.6 Å². The molecule has 0 aromatic carbocycles. The molecular weight excluding hydrogens is 992 g/mol. The number of piperidine rings is 2. The van der Waals surface area contributed by atoms with Crippen molar-refractivity contribution in [3.63, 3.8) is 0 Å². The third-order valence-electron chi connectivity index (χ3n) is 24.7. The third-order valence-corrected chi connectivity index (χ3v) is 24.9. The maximum atomic E-state index is 12.3. The van der Waals surface area contributed by atoms with E-state index in [9.17, 15) is 9.59 Å². The molecule has 8 aliphatic carbocycles. The average Bonchev–Trinajstić information content (AvgIpc) is 3.96. The Bertz CT molecular complexity index is 2330. The summed E-state index contributed by atoms with van der Waals surface area (Å²) in [5, 5.41) is 0. The van der Waals surface area contributed by atoms with Crippen molar-refractivity contribution in [2.45, 2.75) is 226 Å². The standard InChI is InChI=1S/C38H61NO5.C30H44ClNO2/c1-26-21-35-36(39(25-26)15-18-43-20-19-42-17-8-6-7-16-41-5)28(3)38(44-35)14-12-31-32-10-9-29-22-30(40)11-13-37(29,4)34(32)23-33(31)27(2)24-38;1-18-13-27-28(32(17-18)12-11-31)20(3)30(34-27)10-8-23-24-6-5-21-14-22(33)7-9-29(21,4)26(24)15-25(23)19(2)16-30/h22,26,28,31-32,34-36H,6-21,23-25H2,1-5H3;14,18,20,23-24,26-28H,5-13,15-17H2,1-4H3/t26-,28+,31-,32-,34-,35+,36-,37-,38-;18-,20+,23-,24-,26-,27+,28-,29-,30-/m00/s1. The number of hydrogen-bond acceptors (Lipinski definition) is 9. The summed E-state index contributed by atoms with van der Waals surface area (Å²) in [6, 6.07) is 1.02. The number of ether oxygens (including phenoxy) is 5. The second-order valence-electron chi connectivity index (χ2n) is 29.0. The molecule has 0 N–H and O–H groups in total. The molecule has 4 saturated carbocycles. The van der Waals surface area contributed by atoms with Crippen LogP contribution in [0.1, 0.15) is 190 Å². The second kappa shape index (κ2) is 23.8. The molecule has 18 atom stereocenters. The number of rotatable bonds is 14. The van der Waals surface area contributed by atoms with Gasteiger partial charge >= 0.3 is 0 Å². The Kier molecular flexibility index (Phi) is 17.7. The molecule has 78 heavy (non-hydrogen) atoms. The Balaban J connectivity index is 0.000000171. The smallest absolute Gasteiger partial charge is 0.155 e. The highest BCUT2D eigenvalue weighted by Gasteiger charge is 2.62. The van der Waals surface area contributed by atoms with Gasteiger partial charge in [0.05, 0.1) is 43.2 Å². The molecule has 12 rings (SSSR count). The largest absolute Gasteiger partial charge is 0.385 e. The van der Waals surface area contributed by atoms with Crippen molar-refractivity contribution >= 4 is 23.2 Å². The minimum atomic E-state index is -0.0343. The Hall–Kier alpha value is -1.69. The Labute approximate surface area is 477 Å². The van der Waals surface area contributed by atoms with Crippen LogP contribution in [0.4, 0.5) is 0 Å². The number of carbonyl (C=O) groups excluding carboxylic acids is 2. The van der Waals surface area contributed by atoms with Crippen LogP contribution in [0.2, 0.25) is 0 Å². The lowest BCUT2D eigenvalue weighted by atomic mass is 9.56. The summed E-state index contributed by atoms with van der Waals surface area (Å²) in [6.45, 7) is 27.7. The summed E-state index contributed by atoms with van der Waals surface area (Å²) < 4.78 is 31.4. The molecule has 0 aromatic heterocycles. The molecule has 4 saturated heterocycles. The van der Waals surface area contributed by atoms with Crippen LogP contribution in [0.5, 0.6) is 0 Å². The van der Waals surface area contributed by atoms with Gasteiger partial charge in [0.25, 0.3) is 0 Å². The number of methoxy groups -OCH3 is 1. The van der Waals surface area contributed by atoms with Crippen molar-refractivity contribution in [3.8, 4) is 0 Å². The number of halogens is 1. The maximum Gasteiger partial charge on any atom is 0.155 e. The monoisotopic (exact) mass is 1100 g/mol. The zero-order chi connectivity index (χ0) is 54.7. The van der Waals surface area contributed by atoms with Gasteiger partial charge in [0.2, 0.25) is 0 Å². The van der Waals surface area contributed by atoms with E-state index in [4.69, 9.17) is 35.3 Å². The van der Waals surface area contributed by atoms with Gasteiger partial charge in [-0.3, -0.25) is 19.4 Å². The fourth-order valence-electron chi connectivity index (χ4n) is 20.8. The van der Waals surface area contributed by atoms with Gasteiger partial charge in [0.15, 0.2) is 11.6 Å². The number of carbonyl (C=O) groups is 2. The van der Waals surface area contributed by atoms with E-state index < -0.39 is 0 Å². The van der Waals surface area contributed by atoms with Gasteiger partial charge in [-0.2, -0.15) is 0 Å². The van der Waals surface area contributed by atoms with Crippen molar-refractivity contribution < 1.29 is 33.3 Å². The van der Waals surface area contributed by atoms with E-state index in [1.807, 2.05) is 12.2 Å². The highest BCUT2D eigenvalue weighted by atomic mass is 35.5. The lowest BCUT2D eigenvalue weighted by molar-refractivity contribution is -0.117. The van der Waals surface area contributed by atoms with E-state index in [2.05, 4.69) is 65.2 Å². The summed E-state index contributed by atoms with van der Waals surface area (Å²) in [7, 11) is 1.76. The van der Waals surface area contributed by atoms with Crippen LogP contribution >= 0.6 is 11.6 Å². The lowest BCUT2D eigenvalue weighted by Gasteiger charge is -2.48. The first-order chi connectivity index (χ1) is 37.5. The molecule has 0 bridgehead atoms. The van der Waals surface area contributed by atoms with Crippen molar-refractivity contribution in [2.75, 3.05) is 72.2 Å². The number of ketones is 2. The first-order valence-electron chi connectivity index (χ1n) is 32.4. The summed E-state index contributed by atoms with van der Waals surface area (Å²) in [5.41, 5.74) is 10.2. The number of likely N-dealkylation sites (tertiary alicyclic amines) is 2. The van der Waals surface area contributed by atoms with Crippen LogP contribution in [0.25, 0.3) is 0 Å². The molecule has 0 amide bonds. The molecule has 0 aromatic rings. The minimum absolute atomic E-state index is 0.00175. The molecule has 9 nitrogen and oxygen atoms in total. The number of nitrogens with zero attached hydrogens (tertiary/aromatic N) is 2. The number of fused-ring (bicyclic) bond motifs is 12. The molecule has 2 spiro atoms. The van der Waals surface area contributed by atoms with Gasteiger partial charge in [-0.1, -0.05) is 75.0 Å². The first-order valence-corrected chi connectivity index (χ1v) is 32.9. The predicted molar refractivity (Wildman–Crippen MR) is 313 cm³/mol. The van der Waals surface area contributed by atoms with E-state index in [1.165, 1.54) is 81.9 Å². The topological polar surface area (TPSA) is 86.8 Å². The first kappa shape index (κ1) is 58.1. The molecule has 8 fully saturated rings. The zero-order valence-electron chi connectivity index (χ0n) is 50.3. The van der Waals surface area contributed by atoms with Crippen LogP contribution in [-0.4, -0.2) is 129 Å². The van der Waals surface area contributed by atoms with E-state index in [-0.39, 0.29) is 22.0 Å². The summed E-state index contributed by atoms with van der Waals surface area (Å²) >= 11 is 6.23. The van der Waals surface area contributed by atoms with Crippen LogP contribution in [0.3, 0.4) is 0 Å². The zero-order valence-corrected chi connectivity index (χ0v) is 51.0. The fourth-order valence-corrected chi connectivity index (χ4v) is 21.0. The van der Waals surface area contributed by atoms with Crippen LogP contribution < -0.4 is 0 Å². The molecule has 12 aliphatic rings. The SMILES string of the molecule is CC1=C2C[C@H]3[C@@H](CCC4=CC(=O)CC[C@@]43C)[C@@H]2CC[C@@]2(C1)O[C@@H]1C[C@H](C)CN(CCCl)[C@H]1[C@H]2C.COCCCCCOCCOCCN1C[C@@H](C)C[C@H]2O[C@]3(CC[C@@H]4C(=C(C)C3)C[C@H]3[C@H]4CCC4=CC(=O)CC[C@@]43C)[C@H](C)[C@@H]21. The molecule has 4 heterocycles. The van der Waals surface area contributed by atoms with Gasteiger partial charge < -0.3 is 23.7 Å². The van der Waals surface area contributed by atoms with E-state index in [0.29, 0.717) is 90.5 Å². The lowest BCUT2D eigenvalue weighted by Crippen LogP contribution is -2.52. The van der Waals surface area contributed by atoms with Crippen molar-refractivity contribution in [1.82, 2.24) is 9.80 Å². The minimum Gasteiger partial charge on any atom is -0.385 e. The van der Waals surface area contributed by atoms with Crippen molar-refractivity contribution in [2.24, 2.45) is 70.0 Å². The average molecular weight is 1100 g/mol. The number of unbranched alkanes of at least 4 members (excludes halogenated alkanes) is 2. The summed E-state index contributed by atoms with van der Waals surface area (Å²) in [5.74, 6) is 8.31. The van der Waals surface area contributed by atoms with Crippen LogP contribution in [-0.2, 0) is 33.3 Å². The Morgan fingerprint density at radius 3 is 1.56 bits per heavy atom. The van der Waals surface area contributed by atoms with Gasteiger partial charge in [-0.05, 0) is 206 Å². The van der Waals surface area contributed by atoms with Gasteiger partial charge in [0.1, 0.15) is 0 Å². The number of alkyl halides is 1. The number of hydrogen-bond donors (Lipinski definition) is 0. The Morgan fingerprint density at radius 1 is 0.603 bits per heavy atom. The second-order valence-corrected chi connectivity index (χ2v) is 29.4. The molecule has 436 valence electrons. The summed E-state index contributed by atoms with van der Waals surface area (Å²) in [4.78, 5) is 29.8. The van der Waals surface area contributed by atoms with Crippen molar-refractivity contribution in [1.29, 1.82) is 0 Å². The molecule has 0 radical (unpaired) electrons. The predicted octanol–water partition coefficient (Wildman–Crippen LogP) is 13.7. The van der Waals surface area contributed by atoms with Gasteiger partial charge in [0, 0.05) is 89.1 Å². The van der Waals surface area contributed by atoms with Crippen LogP contribution in [0, 0.1) is 70.0 Å². The Morgan fingerprint density at radius 2 is 1.08 bits per heavy atom. The normalized spacial score (nSPS) is 44.1. The summed E-state index contributed by atoms with van der Waals surface area (Å²) in [6.07, 6.45) is 28.6. The molecule has 4 aliphatic heterocycles. The van der Waals surface area contributed by atoms with Crippen molar-refractivity contribution in [3.05, 3.63) is 45.6 Å². The molecule has 0 unspecified atom stereocenters. The highest BCUT2D eigenvalue weighted by molar-refractivity contribution is 6.18. The fraction of sp³-hybridized carbons (Fsp3) is 0.853. The van der Waals surface area contributed by atoms with E-state index >= 15 is 0 Å². The molecule has 10 heteroatoms. The maximum absolute atomic E-state index is 12.3.